The van der Waals surface area contributed by atoms with Crippen molar-refractivity contribution in [2.45, 2.75) is 19.8 Å². The highest BCUT2D eigenvalue weighted by atomic mass is 32.1. The zero-order valence-corrected chi connectivity index (χ0v) is 11.7. The van der Waals surface area contributed by atoms with Gasteiger partial charge >= 0.3 is 0 Å². The van der Waals surface area contributed by atoms with E-state index in [0.29, 0.717) is 6.54 Å². The van der Waals surface area contributed by atoms with Gasteiger partial charge in [0.05, 0.1) is 10.2 Å². The Balaban J connectivity index is 1.52. The van der Waals surface area contributed by atoms with Crippen molar-refractivity contribution < 1.29 is 4.79 Å². The topological polar surface area (TPSA) is 54.0 Å². The van der Waals surface area contributed by atoms with E-state index in [-0.39, 0.29) is 11.8 Å². The third-order valence-electron chi connectivity index (χ3n) is 3.19. The molecule has 0 saturated heterocycles. The van der Waals surface area contributed by atoms with Crippen molar-refractivity contribution in [1.29, 1.82) is 0 Å². The van der Waals surface area contributed by atoms with Crippen LogP contribution in [0, 0.1) is 12.8 Å². The standard InChI is InChI=1S/C14H17N3OS/c1-9-2-5-12-11(8-9)17-14(19-12)16-7-6-15-13(18)10-3-4-10/h2,5,8,10H,3-4,6-7H2,1H3,(H,15,18)(H,16,17). The lowest BCUT2D eigenvalue weighted by atomic mass is 10.2. The van der Waals surface area contributed by atoms with Crippen molar-refractivity contribution in [2.75, 3.05) is 18.4 Å². The maximum Gasteiger partial charge on any atom is 0.223 e. The summed E-state index contributed by atoms with van der Waals surface area (Å²) in [6, 6.07) is 6.29. The molecule has 1 aliphatic rings. The Labute approximate surface area is 116 Å². The molecule has 0 spiro atoms. The van der Waals surface area contributed by atoms with Gasteiger partial charge < -0.3 is 10.6 Å². The summed E-state index contributed by atoms with van der Waals surface area (Å²) in [5, 5.41) is 7.11. The van der Waals surface area contributed by atoms with Gasteiger partial charge in [-0.15, -0.1) is 0 Å². The van der Waals surface area contributed by atoms with Crippen LogP contribution < -0.4 is 10.6 Å². The molecule has 5 heteroatoms. The second kappa shape index (κ2) is 5.17. The molecule has 0 bridgehead atoms. The average Bonchev–Trinajstić information content (AvgIpc) is 3.16. The number of carbonyl (C=O) groups excluding carboxylic acids is 1. The summed E-state index contributed by atoms with van der Waals surface area (Å²) in [4.78, 5) is 16.0. The average molecular weight is 275 g/mol. The van der Waals surface area contributed by atoms with Crippen LogP contribution in [-0.4, -0.2) is 24.0 Å². The lowest BCUT2D eigenvalue weighted by molar-refractivity contribution is -0.122. The molecule has 2 aromatic rings. The fraction of sp³-hybridized carbons (Fsp3) is 0.429. The number of carbonyl (C=O) groups is 1. The Hall–Kier alpha value is -1.62. The first-order chi connectivity index (χ1) is 9.22. The summed E-state index contributed by atoms with van der Waals surface area (Å²) in [6.07, 6.45) is 2.10. The predicted octanol–water partition coefficient (Wildman–Crippen LogP) is 2.54. The molecule has 1 heterocycles. The third-order valence-corrected chi connectivity index (χ3v) is 4.19. The predicted molar refractivity (Wildman–Crippen MR) is 78.6 cm³/mol. The fourth-order valence-electron chi connectivity index (χ4n) is 1.96. The zero-order valence-electron chi connectivity index (χ0n) is 10.9. The summed E-state index contributed by atoms with van der Waals surface area (Å²) in [5.41, 5.74) is 2.26. The van der Waals surface area contributed by atoms with E-state index in [1.807, 2.05) is 0 Å². The molecule has 100 valence electrons. The molecule has 1 fully saturated rings. The van der Waals surface area contributed by atoms with Gasteiger partial charge in [0, 0.05) is 19.0 Å². The highest BCUT2D eigenvalue weighted by Crippen LogP contribution is 2.28. The van der Waals surface area contributed by atoms with Crippen molar-refractivity contribution >= 4 is 32.6 Å². The molecule has 2 N–H and O–H groups in total. The van der Waals surface area contributed by atoms with Gasteiger partial charge in [-0.25, -0.2) is 4.98 Å². The second-order valence-corrected chi connectivity index (χ2v) is 6.01. The minimum absolute atomic E-state index is 0.196. The van der Waals surface area contributed by atoms with Gasteiger partial charge in [-0.2, -0.15) is 0 Å². The first-order valence-corrected chi connectivity index (χ1v) is 7.43. The van der Waals surface area contributed by atoms with Crippen molar-refractivity contribution in [3.05, 3.63) is 23.8 Å². The first-order valence-electron chi connectivity index (χ1n) is 6.61. The highest BCUT2D eigenvalue weighted by Gasteiger charge is 2.28. The molecule has 19 heavy (non-hydrogen) atoms. The number of aromatic nitrogens is 1. The van der Waals surface area contributed by atoms with Crippen LogP contribution in [0.25, 0.3) is 10.2 Å². The maximum absolute atomic E-state index is 11.4. The summed E-state index contributed by atoms with van der Waals surface area (Å²) in [7, 11) is 0. The Morgan fingerprint density at radius 2 is 2.26 bits per heavy atom. The van der Waals surface area contributed by atoms with Crippen LogP contribution in [0.2, 0.25) is 0 Å². The normalized spacial score (nSPS) is 14.6. The molecule has 1 amide bonds. The lowest BCUT2D eigenvalue weighted by Crippen LogP contribution is -2.29. The zero-order chi connectivity index (χ0) is 13.2. The number of fused-ring (bicyclic) bond motifs is 1. The summed E-state index contributed by atoms with van der Waals surface area (Å²) < 4.78 is 1.19. The minimum Gasteiger partial charge on any atom is -0.360 e. The van der Waals surface area contributed by atoms with E-state index in [0.717, 1.165) is 30.0 Å². The van der Waals surface area contributed by atoms with Crippen LogP contribution in [0.1, 0.15) is 18.4 Å². The van der Waals surface area contributed by atoms with E-state index in [1.165, 1.54) is 10.3 Å². The number of hydrogen-bond donors (Lipinski definition) is 2. The number of benzene rings is 1. The van der Waals surface area contributed by atoms with E-state index in [9.17, 15) is 4.79 Å². The van der Waals surface area contributed by atoms with E-state index >= 15 is 0 Å². The summed E-state index contributed by atoms with van der Waals surface area (Å²) in [6.45, 7) is 3.45. The van der Waals surface area contributed by atoms with Crippen LogP contribution >= 0.6 is 11.3 Å². The molecule has 1 saturated carbocycles. The molecule has 1 aromatic heterocycles. The van der Waals surface area contributed by atoms with Crippen LogP contribution in [0.3, 0.4) is 0 Å². The quantitative estimate of drug-likeness (QED) is 0.825. The number of hydrogen-bond acceptors (Lipinski definition) is 4. The molecular weight excluding hydrogens is 258 g/mol. The summed E-state index contributed by atoms with van der Waals surface area (Å²) in [5.74, 6) is 0.479. The van der Waals surface area contributed by atoms with Crippen molar-refractivity contribution in [3.63, 3.8) is 0 Å². The monoisotopic (exact) mass is 275 g/mol. The van der Waals surface area contributed by atoms with E-state index in [4.69, 9.17) is 0 Å². The number of rotatable bonds is 5. The van der Waals surface area contributed by atoms with Gasteiger partial charge in [-0.3, -0.25) is 4.79 Å². The Morgan fingerprint density at radius 3 is 3.05 bits per heavy atom. The molecule has 0 unspecified atom stereocenters. The van der Waals surface area contributed by atoms with Crippen LogP contribution in [0.4, 0.5) is 5.13 Å². The molecule has 4 nitrogen and oxygen atoms in total. The number of nitrogens with one attached hydrogen (secondary N) is 2. The van der Waals surface area contributed by atoms with Crippen LogP contribution in [0.5, 0.6) is 0 Å². The minimum atomic E-state index is 0.196. The number of thiazole rings is 1. The Bertz CT molecular complexity index is 604. The number of amides is 1. The Morgan fingerprint density at radius 1 is 1.42 bits per heavy atom. The van der Waals surface area contributed by atoms with Crippen molar-refractivity contribution in [2.24, 2.45) is 5.92 Å². The number of nitrogens with zero attached hydrogens (tertiary/aromatic N) is 1. The molecule has 1 aromatic carbocycles. The highest BCUT2D eigenvalue weighted by molar-refractivity contribution is 7.22. The van der Waals surface area contributed by atoms with E-state index < -0.39 is 0 Å². The molecular formula is C14H17N3OS. The molecule has 0 aliphatic heterocycles. The van der Waals surface area contributed by atoms with Crippen molar-refractivity contribution in [3.8, 4) is 0 Å². The maximum atomic E-state index is 11.4. The van der Waals surface area contributed by atoms with Gasteiger partial charge in [-0.05, 0) is 37.5 Å². The van der Waals surface area contributed by atoms with Gasteiger partial charge in [0.1, 0.15) is 0 Å². The first kappa shape index (κ1) is 12.4. The number of aryl methyl sites for hydroxylation is 1. The van der Waals surface area contributed by atoms with Gasteiger partial charge in [0.2, 0.25) is 5.91 Å². The Kier molecular flexibility index (Phi) is 3.38. The number of anilines is 1. The third kappa shape index (κ3) is 3.04. The SMILES string of the molecule is Cc1ccc2sc(NCCNC(=O)C3CC3)nc2c1. The van der Waals surface area contributed by atoms with Crippen LogP contribution in [-0.2, 0) is 4.79 Å². The lowest BCUT2D eigenvalue weighted by Gasteiger charge is -2.04. The van der Waals surface area contributed by atoms with Gasteiger partial charge in [0.25, 0.3) is 0 Å². The van der Waals surface area contributed by atoms with Gasteiger partial charge in [0.15, 0.2) is 5.13 Å². The largest absolute Gasteiger partial charge is 0.360 e. The molecule has 1 aliphatic carbocycles. The molecule has 0 radical (unpaired) electrons. The molecule has 0 atom stereocenters. The fourth-order valence-corrected chi connectivity index (χ4v) is 2.83. The molecule has 3 rings (SSSR count). The second-order valence-electron chi connectivity index (χ2n) is 4.98. The van der Waals surface area contributed by atoms with Crippen LogP contribution in [0.15, 0.2) is 18.2 Å². The van der Waals surface area contributed by atoms with Gasteiger partial charge in [-0.1, -0.05) is 17.4 Å². The summed E-state index contributed by atoms with van der Waals surface area (Å²) >= 11 is 1.65. The smallest absolute Gasteiger partial charge is 0.223 e. The van der Waals surface area contributed by atoms with E-state index in [1.54, 1.807) is 11.3 Å². The van der Waals surface area contributed by atoms with E-state index in [2.05, 4.69) is 40.7 Å². The van der Waals surface area contributed by atoms with Crippen molar-refractivity contribution in [1.82, 2.24) is 10.3 Å².